The van der Waals surface area contributed by atoms with Crippen molar-refractivity contribution < 1.29 is 19.5 Å². The lowest BCUT2D eigenvalue weighted by Gasteiger charge is -2.33. The molecule has 1 aliphatic rings. The number of carbonyl (C=O) groups excluding carboxylic acids is 3. The molecule has 0 saturated carbocycles. The molecule has 7 nitrogen and oxygen atoms in total. The van der Waals surface area contributed by atoms with Gasteiger partial charge in [0, 0.05) is 37.6 Å². The van der Waals surface area contributed by atoms with Gasteiger partial charge in [0.05, 0.1) is 17.1 Å². The molecule has 1 fully saturated rings. The van der Waals surface area contributed by atoms with Crippen molar-refractivity contribution in [2.75, 3.05) is 24.5 Å². The van der Waals surface area contributed by atoms with Gasteiger partial charge in [0.15, 0.2) is 5.78 Å². The van der Waals surface area contributed by atoms with Gasteiger partial charge >= 0.3 is 0 Å². The molecule has 0 spiro atoms. The fourth-order valence-corrected chi connectivity index (χ4v) is 3.14. The molecule has 1 aliphatic heterocycles. The normalized spacial score (nSPS) is 14.9. The van der Waals surface area contributed by atoms with E-state index in [9.17, 15) is 19.5 Å². The summed E-state index contributed by atoms with van der Waals surface area (Å²) in [6.07, 6.45) is 4.56. The molecule has 26 heavy (non-hydrogen) atoms. The predicted molar refractivity (Wildman–Crippen MR) is 96.1 cm³/mol. The van der Waals surface area contributed by atoms with Gasteiger partial charge in [0.2, 0.25) is 0 Å². The van der Waals surface area contributed by atoms with Crippen LogP contribution in [0.2, 0.25) is 5.02 Å². The van der Waals surface area contributed by atoms with Crippen molar-refractivity contribution in [3.8, 4) is 0 Å². The van der Waals surface area contributed by atoms with E-state index in [0.717, 1.165) is 12.8 Å². The molecule has 1 amide bonds. The van der Waals surface area contributed by atoms with Crippen molar-refractivity contribution >= 4 is 35.1 Å². The fraction of sp³-hybridized carbons (Fsp3) is 0.556. The standard InChI is InChI=1S/C18H24ClN3O4/c1-2-3-4-14(23)11-21-17(24)13-9-15(19)16(20-10-13)22-7-5-12(6-8-22)18(25)26/h9-10,12H,2-8,11H2,1H3,(H,21,24)(H,25,26)/p-1. The first-order chi connectivity index (χ1) is 12.4. The molecule has 2 rings (SSSR count). The summed E-state index contributed by atoms with van der Waals surface area (Å²) < 4.78 is 0. The molecule has 0 aliphatic carbocycles. The third-order valence-electron chi connectivity index (χ3n) is 4.47. The molecule has 0 aromatic carbocycles. The van der Waals surface area contributed by atoms with Crippen LogP contribution >= 0.6 is 11.6 Å². The highest BCUT2D eigenvalue weighted by Crippen LogP contribution is 2.28. The van der Waals surface area contributed by atoms with Crippen molar-refractivity contribution in [1.29, 1.82) is 0 Å². The molecule has 0 atom stereocenters. The second-order valence-corrected chi connectivity index (χ2v) is 6.84. The summed E-state index contributed by atoms with van der Waals surface area (Å²) in [5, 5.41) is 13.8. The number of nitrogens with one attached hydrogen (secondary N) is 1. The summed E-state index contributed by atoms with van der Waals surface area (Å²) in [4.78, 5) is 40.8. The summed E-state index contributed by atoms with van der Waals surface area (Å²) in [5.74, 6) is -1.35. The number of ketones is 1. The summed E-state index contributed by atoms with van der Waals surface area (Å²) in [6, 6.07) is 1.51. The fourth-order valence-electron chi connectivity index (χ4n) is 2.86. The number of piperidine rings is 1. The molecule has 142 valence electrons. The zero-order chi connectivity index (χ0) is 19.1. The van der Waals surface area contributed by atoms with E-state index in [1.807, 2.05) is 11.8 Å². The lowest BCUT2D eigenvalue weighted by molar-refractivity contribution is -0.312. The molecule has 1 saturated heterocycles. The zero-order valence-electron chi connectivity index (χ0n) is 14.8. The third kappa shape index (κ3) is 5.42. The number of rotatable bonds is 8. The van der Waals surface area contributed by atoms with Crippen LogP contribution in [0.15, 0.2) is 12.3 Å². The number of Topliss-reactive ketones (excluding diaryl/α,β-unsaturated/α-hetero) is 1. The maximum absolute atomic E-state index is 12.1. The number of carboxylic acids is 1. The van der Waals surface area contributed by atoms with E-state index < -0.39 is 17.8 Å². The number of aliphatic carboxylic acids is 1. The Bertz CT molecular complexity index is 672. The molecule has 8 heteroatoms. The molecular formula is C18H23ClN3O4-. The largest absolute Gasteiger partial charge is 0.550 e. The van der Waals surface area contributed by atoms with Crippen molar-refractivity contribution in [3.63, 3.8) is 0 Å². The summed E-state index contributed by atoms with van der Waals surface area (Å²) in [6.45, 7) is 3.03. The van der Waals surface area contributed by atoms with Crippen LogP contribution in [0.3, 0.4) is 0 Å². The highest BCUT2D eigenvalue weighted by Gasteiger charge is 2.23. The van der Waals surface area contributed by atoms with Gasteiger partial charge in [-0.1, -0.05) is 24.9 Å². The van der Waals surface area contributed by atoms with Gasteiger partial charge < -0.3 is 20.1 Å². The Labute approximate surface area is 157 Å². The first kappa shape index (κ1) is 20.2. The number of hydrogen-bond donors (Lipinski definition) is 1. The number of amides is 1. The molecule has 1 aromatic rings. The quantitative estimate of drug-likeness (QED) is 0.726. The summed E-state index contributed by atoms with van der Waals surface area (Å²) >= 11 is 6.26. The number of carbonyl (C=O) groups is 3. The van der Waals surface area contributed by atoms with Crippen molar-refractivity contribution in [2.45, 2.75) is 39.0 Å². The van der Waals surface area contributed by atoms with E-state index in [4.69, 9.17) is 11.6 Å². The number of aromatic nitrogens is 1. The summed E-state index contributed by atoms with van der Waals surface area (Å²) in [7, 11) is 0. The van der Waals surface area contributed by atoms with Crippen LogP contribution in [0.25, 0.3) is 0 Å². The molecule has 2 heterocycles. The van der Waals surface area contributed by atoms with Gasteiger partial charge in [-0.2, -0.15) is 0 Å². The zero-order valence-corrected chi connectivity index (χ0v) is 15.6. The highest BCUT2D eigenvalue weighted by atomic mass is 35.5. The Kier molecular flexibility index (Phi) is 7.38. The molecule has 1 N–H and O–H groups in total. The molecule has 0 radical (unpaired) electrons. The van der Waals surface area contributed by atoms with Gasteiger partial charge in [0.1, 0.15) is 5.82 Å². The number of hydrogen-bond acceptors (Lipinski definition) is 6. The van der Waals surface area contributed by atoms with Gasteiger partial charge in [-0.05, 0) is 25.3 Å². The van der Waals surface area contributed by atoms with E-state index in [1.54, 1.807) is 0 Å². The second kappa shape index (κ2) is 9.52. The summed E-state index contributed by atoms with van der Waals surface area (Å²) in [5.41, 5.74) is 0.284. The minimum Gasteiger partial charge on any atom is -0.550 e. The van der Waals surface area contributed by atoms with E-state index in [0.29, 0.717) is 43.2 Å². The van der Waals surface area contributed by atoms with Crippen LogP contribution in [0.4, 0.5) is 5.82 Å². The number of halogens is 1. The van der Waals surface area contributed by atoms with E-state index in [-0.39, 0.29) is 17.9 Å². The van der Waals surface area contributed by atoms with Gasteiger partial charge in [-0.25, -0.2) is 4.98 Å². The van der Waals surface area contributed by atoms with Crippen LogP contribution < -0.4 is 15.3 Å². The van der Waals surface area contributed by atoms with Gasteiger partial charge in [-0.15, -0.1) is 0 Å². The topological polar surface area (TPSA) is 102 Å². The Morgan fingerprint density at radius 3 is 2.62 bits per heavy atom. The first-order valence-electron chi connectivity index (χ1n) is 8.83. The van der Waals surface area contributed by atoms with Crippen molar-refractivity contribution in [1.82, 2.24) is 10.3 Å². The van der Waals surface area contributed by atoms with Crippen LogP contribution in [0.1, 0.15) is 49.4 Å². The van der Waals surface area contributed by atoms with Crippen molar-refractivity contribution in [2.24, 2.45) is 5.92 Å². The Morgan fingerprint density at radius 2 is 2.04 bits per heavy atom. The smallest absolute Gasteiger partial charge is 0.253 e. The third-order valence-corrected chi connectivity index (χ3v) is 4.75. The maximum atomic E-state index is 12.1. The Balaban J connectivity index is 1.93. The number of carboxylic acid groups (broad SMARTS) is 1. The lowest BCUT2D eigenvalue weighted by Crippen LogP contribution is -2.41. The average Bonchev–Trinajstić information content (AvgIpc) is 2.64. The average molecular weight is 381 g/mol. The number of nitrogens with zero attached hydrogens (tertiary/aromatic N) is 2. The molecule has 1 aromatic heterocycles. The minimum atomic E-state index is -1.02. The Hall–Kier alpha value is -2.15. The minimum absolute atomic E-state index is 0.00502. The van der Waals surface area contributed by atoms with E-state index in [1.165, 1.54) is 12.3 Å². The molecule has 0 unspecified atom stereocenters. The van der Waals surface area contributed by atoms with Crippen LogP contribution in [0, 0.1) is 5.92 Å². The monoisotopic (exact) mass is 380 g/mol. The number of anilines is 1. The van der Waals surface area contributed by atoms with Crippen LogP contribution in [-0.2, 0) is 9.59 Å². The maximum Gasteiger partial charge on any atom is 0.253 e. The van der Waals surface area contributed by atoms with Crippen LogP contribution in [0.5, 0.6) is 0 Å². The highest BCUT2D eigenvalue weighted by molar-refractivity contribution is 6.33. The van der Waals surface area contributed by atoms with Crippen LogP contribution in [-0.4, -0.2) is 42.3 Å². The van der Waals surface area contributed by atoms with E-state index in [2.05, 4.69) is 10.3 Å². The molecule has 0 bridgehead atoms. The molecular weight excluding hydrogens is 358 g/mol. The lowest BCUT2D eigenvalue weighted by atomic mass is 9.97. The Morgan fingerprint density at radius 1 is 1.35 bits per heavy atom. The number of pyridine rings is 1. The van der Waals surface area contributed by atoms with Gasteiger partial charge in [0.25, 0.3) is 5.91 Å². The number of unbranched alkanes of at least 4 members (excludes halogenated alkanes) is 1. The predicted octanol–water partition coefficient (Wildman–Crippen LogP) is 1.19. The second-order valence-electron chi connectivity index (χ2n) is 6.43. The van der Waals surface area contributed by atoms with Gasteiger partial charge in [-0.3, -0.25) is 9.59 Å². The SMILES string of the molecule is CCCCC(=O)CNC(=O)c1cnc(N2CCC(C(=O)[O-])CC2)c(Cl)c1. The van der Waals surface area contributed by atoms with Crippen molar-refractivity contribution in [3.05, 3.63) is 22.8 Å². The first-order valence-corrected chi connectivity index (χ1v) is 9.21. The van der Waals surface area contributed by atoms with E-state index >= 15 is 0 Å².